The first kappa shape index (κ1) is 10.4. The Balaban J connectivity index is 4.11. The van der Waals surface area contributed by atoms with E-state index in [4.69, 9.17) is 10.00 Å². The number of nitrogens with zero attached hydrogens (tertiary/aromatic N) is 1. The lowest BCUT2D eigenvalue weighted by molar-refractivity contribution is -0.00419. The van der Waals surface area contributed by atoms with Crippen LogP contribution in [-0.4, -0.2) is 12.2 Å². The van der Waals surface area contributed by atoms with Crippen LogP contribution in [0.1, 0.15) is 40.0 Å². The van der Waals surface area contributed by atoms with Gasteiger partial charge < -0.3 is 4.74 Å². The molecular weight excluding hydrogens is 138 g/mol. The van der Waals surface area contributed by atoms with Crippen molar-refractivity contribution in [2.75, 3.05) is 6.61 Å². The van der Waals surface area contributed by atoms with Gasteiger partial charge in [0.2, 0.25) is 0 Å². The van der Waals surface area contributed by atoms with Crippen molar-refractivity contribution in [1.29, 1.82) is 5.26 Å². The van der Waals surface area contributed by atoms with Gasteiger partial charge in [0.15, 0.2) is 5.60 Å². The molecule has 0 aliphatic heterocycles. The fourth-order valence-corrected chi connectivity index (χ4v) is 1.20. The van der Waals surface area contributed by atoms with Crippen LogP contribution in [0.3, 0.4) is 0 Å². The first-order chi connectivity index (χ1) is 5.24. The van der Waals surface area contributed by atoms with Gasteiger partial charge in [-0.1, -0.05) is 20.3 Å². The molecule has 0 radical (unpaired) electrons. The Hall–Kier alpha value is -0.550. The lowest BCUT2D eigenvalue weighted by Gasteiger charge is -2.23. The normalized spacial score (nSPS) is 15.5. The van der Waals surface area contributed by atoms with Crippen LogP contribution in [0.15, 0.2) is 0 Å². The molecule has 0 aliphatic rings. The molecule has 0 fully saturated rings. The molecule has 0 aromatic heterocycles. The Kier molecular flexibility index (Phi) is 4.89. The first-order valence-corrected chi connectivity index (χ1v) is 4.29. The molecule has 0 rings (SSSR count). The van der Waals surface area contributed by atoms with Gasteiger partial charge in [0.25, 0.3) is 0 Å². The Morgan fingerprint density at radius 2 is 2.00 bits per heavy atom. The summed E-state index contributed by atoms with van der Waals surface area (Å²) in [4.78, 5) is 0. The van der Waals surface area contributed by atoms with E-state index in [1.807, 2.05) is 13.8 Å². The Labute approximate surface area is 69.2 Å². The standard InChI is InChI=1S/C9H17NO/c1-4-7-9(5-2,8-10)11-6-3/h4-7H2,1-3H3. The molecule has 0 aliphatic carbocycles. The second-order valence-corrected chi connectivity index (χ2v) is 2.64. The van der Waals surface area contributed by atoms with Crippen molar-refractivity contribution in [2.24, 2.45) is 0 Å². The van der Waals surface area contributed by atoms with Crippen molar-refractivity contribution in [3.05, 3.63) is 0 Å². The quantitative estimate of drug-likeness (QED) is 0.611. The monoisotopic (exact) mass is 155 g/mol. The smallest absolute Gasteiger partial charge is 0.153 e. The van der Waals surface area contributed by atoms with Gasteiger partial charge in [-0.2, -0.15) is 5.26 Å². The maximum Gasteiger partial charge on any atom is 0.153 e. The van der Waals surface area contributed by atoms with Crippen LogP contribution in [0.4, 0.5) is 0 Å². The number of hydrogen-bond acceptors (Lipinski definition) is 2. The highest BCUT2D eigenvalue weighted by Crippen LogP contribution is 2.20. The van der Waals surface area contributed by atoms with Gasteiger partial charge in [-0.05, 0) is 19.8 Å². The van der Waals surface area contributed by atoms with E-state index in [-0.39, 0.29) is 0 Å². The van der Waals surface area contributed by atoms with Gasteiger partial charge in [0, 0.05) is 6.61 Å². The summed E-state index contributed by atoms with van der Waals surface area (Å²) >= 11 is 0. The molecule has 1 unspecified atom stereocenters. The number of ether oxygens (including phenoxy) is 1. The maximum atomic E-state index is 8.86. The topological polar surface area (TPSA) is 33.0 Å². The minimum Gasteiger partial charge on any atom is -0.360 e. The largest absolute Gasteiger partial charge is 0.360 e. The van der Waals surface area contributed by atoms with Crippen LogP contribution >= 0.6 is 0 Å². The first-order valence-electron chi connectivity index (χ1n) is 4.29. The molecule has 0 aromatic rings. The average molecular weight is 155 g/mol. The third-order valence-corrected chi connectivity index (χ3v) is 1.85. The van der Waals surface area contributed by atoms with Crippen molar-refractivity contribution < 1.29 is 4.74 Å². The van der Waals surface area contributed by atoms with Gasteiger partial charge in [0.05, 0.1) is 6.07 Å². The van der Waals surface area contributed by atoms with E-state index in [1.54, 1.807) is 0 Å². The Morgan fingerprint density at radius 1 is 1.36 bits per heavy atom. The van der Waals surface area contributed by atoms with Gasteiger partial charge in [-0.25, -0.2) is 0 Å². The SMILES string of the molecule is CCCC(C#N)(CC)OCC. The summed E-state index contributed by atoms with van der Waals surface area (Å²) in [6.07, 6.45) is 2.63. The predicted molar refractivity (Wildman–Crippen MR) is 45.2 cm³/mol. The van der Waals surface area contributed by atoms with E-state index in [9.17, 15) is 0 Å². The van der Waals surface area contributed by atoms with Gasteiger partial charge >= 0.3 is 0 Å². The molecule has 0 saturated carbocycles. The summed E-state index contributed by atoms with van der Waals surface area (Å²) in [6, 6.07) is 2.24. The summed E-state index contributed by atoms with van der Waals surface area (Å²) in [5.74, 6) is 0. The second-order valence-electron chi connectivity index (χ2n) is 2.64. The molecule has 1 atom stereocenters. The minimum absolute atomic E-state index is 0.510. The summed E-state index contributed by atoms with van der Waals surface area (Å²) in [7, 11) is 0. The zero-order valence-electron chi connectivity index (χ0n) is 7.68. The molecule has 0 heterocycles. The predicted octanol–water partition coefficient (Wildman–Crippen LogP) is 2.50. The molecular formula is C9H17NO. The van der Waals surface area contributed by atoms with Crippen LogP contribution in [0.25, 0.3) is 0 Å². The van der Waals surface area contributed by atoms with Crippen LogP contribution in [0.5, 0.6) is 0 Å². The molecule has 0 saturated heterocycles. The molecule has 2 nitrogen and oxygen atoms in total. The highest BCUT2D eigenvalue weighted by Gasteiger charge is 2.26. The lowest BCUT2D eigenvalue weighted by Crippen LogP contribution is -2.29. The fourth-order valence-electron chi connectivity index (χ4n) is 1.20. The lowest BCUT2D eigenvalue weighted by atomic mass is 9.96. The summed E-state index contributed by atoms with van der Waals surface area (Å²) in [5, 5.41) is 8.86. The minimum atomic E-state index is -0.510. The van der Waals surface area contributed by atoms with Gasteiger partial charge in [-0.15, -0.1) is 0 Å². The van der Waals surface area contributed by atoms with Crippen molar-refractivity contribution in [2.45, 2.75) is 45.6 Å². The summed E-state index contributed by atoms with van der Waals surface area (Å²) < 4.78 is 5.41. The van der Waals surface area contributed by atoms with Gasteiger partial charge in [-0.3, -0.25) is 0 Å². The summed E-state index contributed by atoms with van der Waals surface area (Å²) in [6.45, 7) is 6.62. The van der Waals surface area contributed by atoms with Gasteiger partial charge in [0.1, 0.15) is 0 Å². The third-order valence-electron chi connectivity index (χ3n) is 1.85. The van der Waals surface area contributed by atoms with E-state index in [0.717, 1.165) is 19.3 Å². The van der Waals surface area contributed by atoms with Crippen LogP contribution in [-0.2, 0) is 4.74 Å². The van der Waals surface area contributed by atoms with Crippen molar-refractivity contribution in [1.82, 2.24) is 0 Å². The van der Waals surface area contributed by atoms with E-state index in [0.29, 0.717) is 6.61 Å². The molecule has 0 spiro atoms. The third kappa shape index (κ3) is 2.90. The van der Waals surface area contributed by atoms with E-state index < -0.39 is 5.60 Å². The van der Waals surface area contributed by atoms with Crippen molar-refractivity contribution >= 4 is 0 Å². The zero-order valence-corrected chi connectivity index (χ0v) is 7.68. The van der Waals surface area contributed by atoms with Crippen molar-refractivity contribution in [3.63, 3.8) is 0 Å². The molecule has 0 aromatic carbocycles. The van der Waals surface area contributed by atoms with Crippen LogP contribution in [0, 0.1) is 11.3 Å². The van der Waals surface area contributed by atoms with E-state index in [1.165, 1.54) is 0 Å². The average Bonchev–Trinajstić information content (AvgIpc) is 2.04. The maximum absolute atomic E-state index is 8.86. The number of rotatable bonds is 5. The van der Waals surface area contributed by atoms with Crippen LogP contribution < -0.4 is 0 Å². The zero-order chi connectivity index (χ0) is 8.74. The molecule has 0 N–H and O–H groups in total. The van der Waals surface area contributed by atoms with E-state index in [2.05, 4.69) is 13.0 Å². The van der Waals surface area contributed by atoms with E-state index >= 15 is 0 Å². The fraction of sp³-hybridized carbons (Fsp3) is 0.889. The Morgan fingerprint density at radius 3 is 2.27 bits per heavy atom. The molecule has 0 amide bonds. The number of hydrogen-bond donors (Lipinski definition) is 0. The molecule has 2 heteroatoms. The second kappa shape index (κ2) is 5.15. The molecule has 64 valence electrons. The summed E-state index contributed by atoms with van der Waals surface area (Å²) in [5.41, 5.74) is -0.510. The highest BCUT2D eigenvalue weighted by molar-refractivity contribution is 5.00. The molecule has 11 heavy (non-hydrogen) atoms. The van der Waals surface area contributed by atoms with Crippen molar-refractivity contribution in [3.8, 4) is 6.07 Å². The number of nitriles is 1. The Bertz CT molecular complexity index is 131. The van der Waals surface area contributed by atoms with Crippen LogP contribution in [0.2, 0.25) is 0 Å². The highest BCUT2D eigenvalue weighted by atomic mass is 16.5. The molecule has 0 bridgehead atoms.